The van der Waals surface area contributed by atoms with Crippen molar-refractivity contribution in [1.82, 2.24) is 0 Å². The topological polar surface area (TPSA) is 47.3 Å². The van der Waals surface area contributed by atoms with Gasteiger partial charge in [-0.15, -0.1) is 0 Å². The second kappa shape index (κ2) is 3.77. The van der Waals surface area contributed by atoms with Gasteiger partial charge in [-0.25, -0.2) is 0 Å². The lowest BCUT2D eigenvalue weighted by atomic mass is 10.3. The molecule has 1 aromatic rings. The van der Waals surface area contributed by atoms with Crippen LogP contribution in [0.25, 0.3) is 0 Å². The number of nitrogens with two attached hydrogens (primary N) is 1. The van der Waals surface area contributed by atoms with Gasteiger partial charge in [-0.05, 0) is 34.7 Å². The normalized spacial score (nSPS) is 9.36. The number of rotatable bonds is 2. The van der Waals surface area contributed by atoms with Crippen molar-refractivity contribution in [3.05, 3.63) is 21.8 Å². The average molecular weight is 264 g/mol. The first-order chi connectivity index (χ1) is 5.27. The number of hydrogen-bond acceptors (Lipinski definition) is 3. The fourth-order valence-corrected chi connectivity index (χ4v) is 1.23. The van der Waals surface area contributed by atoms with Crippen LogP contribution in [0.1, 0.15) is 0 Å². The van der Waals surface area contributed by atoms with Crippen LogP contribution >= 0.6 is 22.6 Å². The van der Waals surface area contributed by atoms with E-state index in [0.29, 0.717) is 0 Å². The quantitative estimate of drug-likeness (QED) is 0.484. The second-order valence-corrected chi connectivity index (χ2v) is 3.15. The Hall–Kier alpha value is -0.490. The van der Waals surface area contributed by atoms with E-state index in [0.717, 1.165) is 15.0 Å². The molecule has 0 aliphatic carbocycles. The van der Waals surface area contributed by atoms with E-state index in [9.17, 15) is 0 Å². The highest BCUT2D eigenvalue weighted by Crippen LogP contribution is 2.22. The maximum Gasteiger partial charge on any atom is 0.121 e. The van der Waals surface area contributed by atoms with Crippen molar-refractivity contribution in [2.24, 2.45) is 5.84 Å². The fraction of sp³-hybridized carbons (Fsp3) is 0.143. The molecule has 0 heterocycles. The summed E-state index contributed by atoms with van der Waals surface area (Å²) in [6.45, 7) is 0. The van der Waals surface area contributed by atoms with Crippen molar-refractivity contribution in [3.63, 3.8) is 0 Å². The number of halogens is 1. The molecular formula is C7H9IN2O. The highest BCUT2D eigenvalue weighted by Gasteiger charge is 1.98. The highest BCUT2D eigenvalue weighted by molar-refractivity contribution is 14.1. The maximum atomic E-state index is 5.26. The summed E-state index contributed by atoms with van der Waals surface area (Å²) in [7, 11) is 1.63. The third-order valence-corrected chi connectivity index (χ3v) is 2.27. The van der Waals surface area contributed by atoms with Gasteiger partial charge in [-0.1, -0.05) is 0 Å². The number of ether oxygens (including phenoxy) is 1. The molecule has 0 atom stereocenters. The second-order valence-electron chi connectivity index (χ2n) is 1.99. The van der Waals surface area contributed by atoms with Crippen LogP contribution in [0.15, 0.2) is 18.2 Å². The van der Waals surface area contributed by atoms with E-state index < -0.39 is 0 Å². The van der Waals surface area contributed by atoms with Crippen LogP contribution in [0, 0.1) is 3.57 Å². The molecule has 3 nitrogen and oxygen atoms in total. The minimum atomic E-state index is 0.804. The zero-order chi connectivity index (χ0) is 8.27. The molecule has 0 aliphatic heterocycles. The summed E-state index contributed by atoms with van der Waals surface area (Å²) < 4.78 is 6.09. The van der Waals surface area contributed by atoms with E-state index in [1.165, 1.54) is 0 Å². The molecule has 0 aromatic heterocycles. The van der Waals surface area contributed by atoms with E-state index in [4.69, 9.17) is 10.6 Å². The lowest BCUT2D eigenvalue weighted by Gasteiger charge is -2.05. The molecule has 0 spiro atoms. The van der Waals surface area contributed by atoms with Crippen LogP contribution in [-0.4, -0.2) is 7.11 Å². The lowest BCUT2D eigenvalue weighted by molar-refractivity contribution is 0.415. The van der Waals surface area contributed by atoms with Crippen molar-refractivity contribution >= 4 is 28.3 Å². The summed E-state index contributed by atoms with van der Waals surface area (Å²) in [5.74, 6) is 6.07. The molecule has 1 aromatic carbocycles. The predicted molar refractivity (Wildman–Crippen MR) is 53.5 cm³/mol. The van der Waals surface area contributed by atoms with Crippen LogP contribution in [0.4, 0.5) is 5.69 Å². The van der Waals surface area contributed by atoms with Gasteiger partial charge in [0.05, 0.1) is 12.8 Å². The minimum absolute atomic E-state index is 0.804. The molecule has 0 fully saturated rings. The number of methoxy groups -OCH3 is 1. The van der Waals surface area contributed by atoms with Gasteiger partial charge in [0.25, 0.3) is 0 Å². The monoisotopic (exact) mass is 264 g/mol. The number of nitrogens with one attached hydrogen (secondary N) is 1. The van der Waals surface area contributed by atoms with Crippen LogP contribution < -0.4 is 16.0 Å². The molecule has 0 radical (unpaired) electrons. The Morgan fingerprint density at radius 2 is 2.27 bits per heavy atom. The van der Waals surface area contributed by atoms with Gasteiger partial charge in [0.15, 0.2) is 0 Å². The van der Waals surface area contributed by atoms with E-state index >= 15 is 0 Å². The minimum Gasteiger partial charge on any atom is -0.497 e. The molecule has 11 heavy (non-hydrogen) atoms. The smallest absolute Gasteiger partial charge is 0.121 e. The van der Waals surface area contributed by atoms with Gasteiger partial charge in [0.1, 0.15) is 5.75 Å². The molecule has 0 amide bonds. The molecular weight excluding hydrogens is 255 g/mol. The summed E-state index contributed by atoms with van der Waals surface area (Å²) >= 11 is 2.20. The Kier molecular flexibility index (Phi) is 2.95. The SMILES string of the molecule is COc1ccc(I)c(NN)c1. The molecule has 4 heteroatoms. The van der Waals surface area contributed by atoms with E-state index in [1.54, 1.807) is 7.11 Å². The number of hydrazine groups is 1. The summed E-state index contributed by atoms with van der Waals surface area (Å²) in [6, 6.07) is 5.68. The van der Waals surface area contributed by atoms with Crippen LogP contribution in [0.5, 0.6) is 5.75 Å². The van der Waals surface area contributed by atoms with E-state index in [2.05, 4.69) is 28.0 Å². The number of anilines is 1. The number of nitrogen functional groups attached to an aromatic ring is 1. The van der Waals surface area contributed by atoms with Crippen LogP contribution in [-0.2, 0) is 0 Å². The van der Waals surface area contributed by atoms with Crippen LogP contribution in [0.3, 0.4) is 0 Å². The van der Waals surface area contributed by atoms with Crippen LogP contribution in [0.2, 0.25) is 0 Å². The maximum absolute atomic E-state index is 5.26. The third-order valence-electron chi connectivity index (χ3n) is 1.33. The molecule has 3 N–H and O–H groups in total. The van der Waals surface area contributed by atoms with Gasteiger partial charge in [0.2, 0.25) is 0 Å². The lowest BCUT2D eigenvalue weighted by Crippen LogP contribution is -2.08. The van der Waals surface area contributed by atoms with Crippen molar-refractivity contribution in [2.75, 3.05) is 12.5 Å². The van der Waals surface area contributed by atoms with Crippen molar-refractivity contribution < 1.29 is 4.74 Å². The Morgan fingerprint density at radius 1 is 1.55 bits per heavy atom. The predicted octanol–water partition coefficient (Wildman–Crippen LogP) is 1.59. The molecule has 60 valence electrons. The number of benzene rings is 1. The van der Waals surface area contributed by atoms with Gasteiger partial charge in [-0.2, -0.15) is 0 Å². The zero-order valence-electron chi connectivity index (χ0n) is 6.10. The average Bonchev–Trinajstić information content (AvgIpc) is 2.05. The first-order valence-electron chi connectivity index (χ1n) is 3.08. The number of hydrogen-bond donors (Lipinski definition) is 2. The van der Waals surface area contributed by atoms with Gasteiger partial charge in [-0.3, -0.25) is 5.84 Å². The zero-order valence-corrected chi connectivity index (χ0v) is 8.25. The van der Waals surface area contributed by atoms with Gasteiger partial charge < -0.3 is 10.2 Å². The molecule has 0 aliphatic rings. The Morgan fingerprint density at radius 3 is 2.82 bits per heavy atom. The van der Waals surface area contributed by atoms with Gasteiger partial charge in [0, 0.05) is 9.64 Å². The standard InChI is InChI=1S/C7H9IN2O/c1-11-5-2-3-6(8)7(4-5)10-9/h2-4,10H,9H2,1H3. The molecule has 0 unspecified atom stereocenters. The summed E-state index contributed by atoms with van der Waals surface area (Å²) in [5.41, 5.74) is 3.46. The van der Waals surface area contributed by atoms with Crippen molar-refractivity contribution in [2.45, 2.75) is 0 Å². The highest BCUT2D eigenvalue weighted by atomic mass is 127. The van der Waals surface area contributed by atoms with Crippen molar-refractivity contribution in [3.8, 4) is 5.75 Å². The fourth-order valence-electron chi connectivity index (χ4n) is 0.742. The molecule has 0 bridgehead atoms. The third kappa shape index (κ3) is 1.97. The van der Waals surface area contributed by atoms with E-state index in [-0.39, 0.29) is 0 Å². The largest absolute Gasteiger partial charge is 0.497 e. The Balaban J connectivity index is 3.02. The molecule has 1 rings (SSSR count). The summed E-state index contributed by atoms with van der Waals surface area (Å²) in [5, 5.41) is 0. The van der Waals surface area contributed by atoms with Gasteiger partial charge >= 0.3 is 0 Å². The Labute approximate surface area is 79.0 Å². The molecule has 0 saturated heterocycles. The summed E-state index contributed by atoms with van der Waals surface area (Å²) in [4.78, 5) is 0. The Bertz CT molecular complexity index is 252. The first kappa shape index (κ1) is 8.61. The summed E-state index contributed by atoms with van der Waals surface area (Å²) in [6.07, 6.45) is 0. The van der Waals surface area contributed by atoms with E-state index in [1.807, 2.05) is 18.2 Å². The van der Waals surface area contributed by atoms with Crippen molar-refractivity contribution in [1.29, 1.82) is 0 Å². The first-order valence-corrected chi connectivity index (χ1v) is 4.16. The molecule has 0 saturated carbocycles.